The van der Waals surface area contributed by atoms with E-state index in [0.717, 1.165) is 16.3 Å². The van der Waals surface area contributed by atoms with Crippen molar-refractivity contribution in [1.82, 2.24) is 4.98 Å². The van der Waals surface area contributed by atoms with Crippen molar-refractivity contribution >= 4 is 28.7 Å². The van der Waals surface area contributed by atoms with Crippen molar-refractivity contribution in [3.63, 3.8) is 0 Å². The smallest absolute Gasteiger partial charge is 0.230 e. The lowest BCUT2D eigenvalue weighted by molar-refractivity contribution is -0.115. The Morgan fingerprint density at radius 3 is 2.52 bits per heavy atom. The van der Waals surface area contributed by atoms with Gasteiger partial charge < -0.3 is 5.32 Å². The maximum absolute atomic E-state index is 12.3. The summed E-state index contributed by atoms with van der Waals surface area (Å²) in [5, 5.41) is 5.59. The Morgan fingerprint density at radius 1 is 1.08 bits per heavy atom. The lowest BCUT2D eigenvalue weighted by atomic mass is 10.1. The molecule has 0 saturated heterocycles. The molecule has 1 heterocycles. The van der Waals surface area contributed by atoms with E-state index in [0.29, 0.717) is 11.3 Å². The van der Waals surface area contributed by atoms with Gasteiger partial charge in [0.15, 0.2) is 5.78 Å². The van der Waals surface area contributed by atoms with Crippen LogP contribution >= 0.6 is 11.3 Å². The highest BCUT2D eigenvalue weighted by atomic mass is 32.1. The van der Waals surface area contributed by atoms with E-state index in [1.807, 2.05) is 36.6 Å². The van der Waals surface area contributed by atoms with Gasteiger partial charge >= 0.3 is 0 Å². The van der Waals surface area contributed by atoms with Gasteiger partial charge in [-0.15, -0.1) is 11.3 Å². The second-order valence-corrected chi connectivity index (χ2v) is 6.69. The SMILES string of the molecule is CC(=O)c1ccccc1NC(=O)Cc1csc(-c2ccc(C)cc2)n1. The average Bonchev–Trinajstić information content (AvgIpc) is 3.04. The molecule has 0 bridgehead atoms. The van der Waals surface area contributed by atoms with Gasteiger partial charge in [0.2, 0.25) is 5.91 Å². The molecule has 0 saturated carbocycles. The number of benzene rings is 2. The summed E-state index contributed by atoms with van der Waals surface area (Å²) in [4.78, 5) is 28.5. The molecular weight excluding hydrogens is 332 g/mol. The molecule has 0 aliphatic heterocycles. The van der Waals surface area contributed by atoms with Crippen LogP contribution in [0.1, 0.15) is 28.5 Å². The third-order valence-electron chi connectivity index (χ3n) is 3.77. The monoisotopic (exact) mass is 350 g/mol. The number of nitrogens with zero attached hydrogens (tertiary/aromatic N) is 1. The van der Waals surface area contributed by atoms with Crippen molar-refractivity contribution in [2.45, 2.75) is 20.3 Å². The molecule has 4 nitrogen and oxygen atoms in total. The number of para-hydroxylation sites is 1. The molecule has 0 atom stereocenters. The zero-order chi connectivity index (χ0) is 17.8. The number of amides is 1. The van der Waals surface area contributed by atoms with E-state index in [-0.39, 0.29) is 18.1 Å². The summed E-state index contributed by atoms with van der Waals surface area (Å²) in [7, 11) is 0. The van der Waals surface area contributed by atoms with Gasteiger partial charge in [-0.05, 0) is 26.0 Å². The van der Waals surface area contributed by atoms with E-state index in [1.54, 1.807) is 24.3 Å². The minimum Gasteiger partial charge on any atom is -0.325 e. The summed E-state index contributed by atoms with van der Waals surface area (Å²) >= 11 is 1.52. The lowest BCUT2D eigenvalue weighted by Gasteiger charge is -2.08. The topological polar surface area (TPSA) is 59.1 Å². The predicted octanol–water partition coefficient (Wildman–Crippen LogP) is 4.50. The standard InChI is InChI=1S/C20H18N2O2S/c1-13-7-9-15(10-8-13)20-21-16(12-25-20)11-19(24)22-18-6-4-3-5-17(18)14(2)23/h3-10,12H,11H2,1-2H3,(H,22,24). The number of carbonyl (C=O) groups excluding carboxylic acids is 2. The molecule has 0 aliphatic rings. The molecule has 0 fully saturated rings. The number of rotatable bonds is 5. The van der Waals surface area contributed by atoms with Crippen molar-refractivity contribution in [3.05, 3.63) is 70.7 Å². The van der Waals surface area contributed by atoms with E-state index in [4.69, 9.17) is 0 Å². The number of hydrogen-bond acceptors (Lipinski definition) is 4. The first-order valence-electron chi connectivity index (χ1n) is 7.94. The molecule has 25 heavy (non-hydrogen) atoms. The highest BCUT2D eigenvalue weighted by Gasteiger charge is 2.12. The van der Waals surface area contributed by atoms with E-state index < -0.39 is 0 Å². The second kappa shape index (κ2) is 7.40. The van der Waals surface area contributed by atoms with E-state index in [1.165, 1.54) is 23.8 Å². The minimum atomic E-state index is -0.186. The average molecular weight is 350 g/mol. The number of nitrogens with one attached hydrogen (secondary N) is 1. The first-order valence-corrected chi connectivity index (χ1v) is 8.82. The van der Waals surface area contributed by atoms with Crippen LogP contribution in [0.2, 0.25) is 0 Å². The summed E-state index contributed by atoms with van der Waals surface area (Å²) in [5.41, 5.74) is 4.01. The fourth-order valence-corrected chi connectivity index (χ4v) is 3.30. The van der Waals surface area contributed by atoms with Crippen molar-refractivity contribution in [1.29, 1.82) is 0 Å². The quantitative estimate of drug-likeness (QED) is 0.689. The Kier molecular flexibility index (Phi) is 5.05. The maximum Gasteiger partial charge on any atom is 0.230 e. The minimum absolute atomic E-state index is 0.0776. The van der Waals surface area contributed by atoms with Crippen LogP contribution in [0.3, 0.4) is 0 Å². The van der Waals surface area contributed by atoms with E-state index in [2.05, 4.69) is 10.3 Å². The first kappa shape index (κ1) is 17.0. The number of thiazole rings is 1. The fourth-order valence-electron chi connectivity index (χ4n) is 2.47. The van der Waals surface area contributed by atoms with Gasteiger partial charge in [0, 0.05) is 16.5 Å². The van der Waals surface area contributed by atoms with Crippen LogP contribution in [0.15, 0.2) is 53.9 Å². The molecule has 0 spiro atoms. The molecule has 0 unspecified atom stereocenters. The molecule has 0 radical (unpaired) electrons. The molecular formula is C20H18N2O2S. The van der Waals surface area contributed by atoms with Crippen LogP contribution < -0.4 is 5.32 Å². The molecule has 126 valence electrons. The third-order valence-corrected chi connectivity index (χ3v) is 4.71. The molecule has 3 rings (SSSR count). The van der Waals surface area contributed by atoms with Crippen molar-refractivity contribution in [2.24, 2.45) is 0 Å². The van der Waals surface area contributed by atoms with Crippen LogP contribution in [0.5, 0.6) is 0 Å². The van der Waals surface area contributed by atoms with E-state index >= 15 is 0 Å². The van der Waals surface area contributed by atoms with Crippen molar-refractivity contribution in [3.8, 4) is 10.6 Å². The number of aromatic nitrogens is 1. The Hall–Kier alpha value is -2.79. The highest BCUT2D eigenvalue weighted by Crippen LogP contribution is 2.24. The summed E-state index contributed by atoms with van der Waals surface area (Å²) in [6, 6.07) is 15.1. The molecule has 1 N–H and O–H groups in total. The molecule has 2 aromatic carbocycles. The third kappa shape index (κ3) is 4.19. The number of Topliss-reactive ketones (excluding diaryl/α,β-unsaturated/α-hetero) is 1. The van der Waals surface area contributed by atoms with Gasteiger partial charge in [0.25, 0.3) is 0 Å². The zero-order valence-electron chi connectivity index (χ0n) is 14.1. The Bertz CT molecular complexity index is 913. The Balaban J connectivity index is 1.70. The lowest BCUT2D eigenvalue weighted by Crippen LogP contribution is -2.16. The maximum atomic E-state index is 12.3. The Morgan fingerprint density at radius 2 is 1.80 bits per heavy atom. The predicted molar refractivity (Wildman–Crippen MR) is 101 cm³/mol. The summed E-state index contributed by atoms with van der Waals surface area (Å²) in [6.07, 6.45) is 0.175. The van der Waals surface area contributed by atoms with Crippen molar-refractivity contribution in [2.75, 3.05) is 5.32 Å². The van der Waals surface area contributed by atoms with Crippen LogP contribution in [0.25, 0.3) is 10.6 Å². The number of anilines is 1. The summed E-state index contributed by atoms with van der Waals surface area (Å²) in [6.45, 7) is 3.53. The van der Waals surface area contributed by atoms with Gasteiger partial charge in [0.05, 0.1) is 17.8 Å². The number of ketones is 1. The van der Waals surface area contributed by atoms with E-state index in [9.17, 15) is 9.59 Å². The largest absolute Gasteiger partial charge is 0.325 e. The molecule has 0 aliphatic carbocycles. The first-order chi connectivity index (χ1) is 12.0. The van der Waals surface area contributed by atoms with Crippen LogP contribution in [0, 0.1) is 6.92 Å². The molecule has 3 aromatic rings. The molecule has 5 heteroatoms. The highest BCUT2D eigenvalue weighted by molar-refractivity contribution is 7.13. The van der Waals surface area contributed by atoms with Crippen LogP contribution in [-0.4, -0.2) is 16.7 Å². The zero-order valence-corrected chi connectivity index (χ0v) is 14.9. The fraction of sp³-hybridized carbons (Fsp3) is 0.150. The van der Waals surface area contributed by atoms with Crippen LogP contribution in [0.4, 0.5) is 5.69 Å². The molecule has 1 aromatic heterocycles. The van der Waals surface area contributed by atoms with Crippen molar-refractivity contribution < 1.29 is 9.59 Å². The second-order valence-electron chi connectivity index (χ2n) is 5.84. The van der Waals surface area contributed by atoms with Gasteiger partial charge in [-0.25, -0.2) is 4.98 Å². The number of carbonyl (C=O) groups is 2. The van der Waals surface area contributed by atoms with Crippen LogP contribution in [-0.2, 0) is 11.2 Å². The van der Waals surface area contributed by atoms with Gasteiger partial charge in [0.1, 0.15) is 5.01 Å². The summed E-state index contributed by atoms with van der Waals surface area (Å²) < 4.78 is 0. The van der Waals surface area contributed by atoms with Gasteiger partial charge in [-0.2, -0.15) is 0 Å². The number of hydrogen-bond donors (Lipinski definition) is 1. The Labute approximate surface area is 150 Å². The van der Waals surface area contributed by atoms with Gasteiger partial charge in [-0.3, -0.25) is 9.59 Å². The summed E-state index contributed by atoms with van der Waals surface area (Å²) in [5.74, 6) is -0.263. The normalized spacial score (nSPS) is 10.5. The van der Waals surface area contributed by atoms with Gasteiger partial charge in [-0.1, -0.05) is 42.0 Å². The molecule has 1 amide bonds. The number of aryl methyl sites for hydroxylation is 1.